The quantitative estimate of drug-likeness (QED) is 0.925. The van der Waals surface area contributed by atoms with Gasteiger partial charge in [0.15, 0.2) is 0 Å². The summed E-state index contributed by atoms with van der Waals surface area (Å²) in [6.45, 7) is 0. The van der Waals surface area contributed by atoms with Gasteiger partial charge in [0.1, 0.15) is 0 Å². The third kappa shape index (κ3) is 2.82. The summed E-state index contributed by atoms with van der Waals surface area (Å²) in [6.07, 6.45) is 8.67. The first-order valence-electron chi connectivity index (χ1n) is 7.58. The monoisotopic (exact) mass is 280 g/mol. The molecule has 1 heterocycles. The molecule has 0 unspecified atom stereocenters. The number of nitrogens with one attached hydrogen (secondary N) is 1. The fourth-order valence-electron chi connectivity index (χ4n) is 3.25. The van der Waals surface area contributed by atoms with Gasteiger partial charge in [0.2, 0.25) is 5.91 Å². The number of rotatable bonds is 3. The van der Waals surface area contributed by atoms with Crippen LogP contribution in [0, 0.1) is 0 Å². The molecule has 1 saturated carbocycles. The van der Waals surface area contributed by atoms with Crippen LogP contribution in [0.15, 0.2) is 54.9 Å². The zero-order chi connectivity index (χ0) is 14.5. The fraction of sp³-hybridized carbons (Fsp3) is 0.333. The second-order valence-electron chi connectivity index (χ2n) is 5.70. The van der Waals surface area contributed by atoms with E-state index in [9.17, 15) is 4.79 Å². The number of aromatic nitrogens is 1. The van der Waals surface area contributed by atoms with Crippen LogP contribution in [-0.2, 0) is 10.2 Å². The zero-order valence-electron chi connectivity index (χ0n) is 12.1. The first-order chi connectivity index (χ1) is 10.3. The predicted octanol–water partition coefficient (Wildman–Crippen LogP) is 3.92. The van der Waals surface area contributed by atoms with Crippen molar-refractivity contribution in [3.8, 4) is 0 Å². The summed E-state index contributed by atoms with van der Waals surface area (Å²) in [5.74, 6) is 0.0985. The molecule has 108 valence electrons. The van der Waals surface area contributed by atoms with Crippen molar-refractivity contribution < 1.29 is 4.79 Å². The van der Waals surface area contributed by atoms with Crippen molar-refractivity contribution in [3.05, 3.63) is 60.4 Å². The van der Waals surface area contributed by atoms with Gasteiger partial charge in [-0.3, -0.25) is 9.78 Å². The Labute approximate surface area is 125 Å². The highest BCUT2D eigenvalue weighted by Crippen LogP contribution is 2.40. The molecule has 0 aliphatic heterocycles. The van der Waals surface area contributed by atoms with Crippen LogP contribution in [0.25, 0.3) is 0 Å². The second kappa shape index (κ2) is 6.08. The highest BCUT2D eigenvalue weighted by atomic mass is 16.2. The molecule has 1 N–H and O–H groups in total. The van der Waals surface area contributed by atoms with Gasteiger partial charge in [0.25, 0.3) is 0 Å². The molecule has 1 amide bonds. The van der Waals surface area contributed by atoms with Crippen molar-refractivity contribution in [3.63, 3.8) is 0 Å². The lowest BCUT2D eigenvalue weighted by atomic mass is 9.68. The molecule has 0 spiro atoms. The molecular weight excluding hydrogens is 260 g/mol. The van der Waals surface area contributed by atoms with E-state index in [-0.39, 0.29) is 5.91 Å². The summed E-state index contributed by atoms with van der Waals surface area (Å²) in [4.78, 5) is 17.0. The summed E-state index contributed by atoms with van der Waals surface area (Å²) in [5, 5.41) is 3.05. The van der Waals surface area contributed by atoms with E-state index in [1.54, 1.807) is 12.4 Å². The lowest BCUT2D eigenvalue weighted by Gasteiger charge is -2.36. The molecule has 1 aromatic carbocycles. The largest absolute Gasteiger partial charge is 0.324 e. The number of nitrogens with zero attached hydrogens (tertiary/aromatic N) is 1. The van der Waals surface area contributed by atoms with Gasteiger partial charge in [-0.15, -0.1) is 0 Å². The number of hydrogen-bond acceptors (Lipinski definition) is 2. The molecule has 1 fully saturated rings. The van der Waals surface area contributed by atoms with Crippen LogP contribution in [0.4, 0.5) is 5.69 Å². The van der Waals surface area contributed by atoms with Gasteiger partial charge < -0.3 is 5.32 Å². The van der Waals surface area contributed by atoms with Gasteiger partial charge in [0, 0.05) is 6.20 Å². The van der Waals surface area contributed by atoms with E-state index in [0.29, 0.717) is 0 Å². The molecule has 1 aromatic heterocycles. The van der Waals surface area contributed by atoms with Gasteiger partial charge in [-0.2, -0.15) is 0 Å². The molecule has 3 rings (SSSR count). The van der Waals surface area contributed by atoms with Crippen LogP contribution in [0.5, 0.6) is 0 Å². The standard InChI is InChI=1S/C18H20N2O/c21-17(20-16-10-7-13-19-14-16)18(11-5-2-6-12-18)15-8-3-1-4-9-15/h1,3-4,7-10,13-14H,2,5-6,11-12H2,(H,20,21). The number of pyridine rings is 1. The average molecular weight is 280 g/mol. The van der Waals surface area contributed by atoms with E-state index in [4.69, 9.17) is 0 Å². The Morgan fingerprint density at radius 1 is 1.00 bits per heavy atom. The maximum absolute atomic E-state index is 13.0. The lowest BCUT2D eigenvalue weighted by Crippen LogP contribution is -2.42. The van der Waals surface area contributed by atoms with Crippen molar-refractivity contribution in [2.24, 2.45) is 0 Å². The molecular formula is C18H20N2O. The van der Waals surface area contributed by atoms with E-state index in [2.05, 4.69) is 22.4 Å². The van der Waals surface area contributed by atoms with Gasteiger partial charge in [-0.25, -0.2) is 0 Å². The Bertz CT molecular complexity index is 589. The first-order valence-corrected chi connectivity index (χ1v) is 7.58. The van der Waals surface area contributed by atoms with Gasteiger partial charge in [0.05, 0.1) is 17.3 Å². The molecule has 2 aromatic rings. The zero-order valence-corrected chi connectivity index (χ0v) is 12.1. The molecule has 0 bridgehead atoms. The number of amides is 1. The van der Waals surface area contributed by atoms with Crippen LogP contribution in [0.1, 0.15) is 37.7 Å². The van der Waals surface area contributed by atoms with Crippen molar-refractivity contribution in [2.45, 2.75) is 37.5 Å². The van der Waals surface area contributed by atoms with Crippen molar-refractivity contribution in [2.75, 3.05) is 5.32 Å². The van der Waals surface area contributed by atoms with E-state index in [1.165, 1.54) is 6.42 Å². The van der Waals surface area contributed by atoms with Crippen molar-refractivity contribution >= 4 is 11.6 Å². The Kier molecular flexibility index (Phi) is 4.00. The molecule has 0 saturated heterocycles. The van der Waals surface area contributed by atoms with E-state index in [0.717, 1.165) is 36.9 Å². The topological polar surface area (TPSA) is 42.0 Å². The van der Waals surface area contributed by atoms with Crippen LogP contribution >= 0.6 is 0 Å². The number of carbonyl (C=O) groups is 1. The molecule has 21 heavy (non-hydrogen) atoms. The maximum atomic E-state index is 13.0. The molecule has 1 aliphatic carbocycles. The highest BCUT2D eigenvalue weighted by molar-refractivity contribution is 5.99. The first kappa shape index (κ1) is 13.8. The van der Waals surface area contributed by atoms with Crippen LogP contribution in [0.2, 0.25) is 0 Å². The van der Waals surface area contributed by atoms with E-state index in [1.807, 2.05) is 30.3 Å². The summed E-state index contributed by atoms with van der Waals surface area (Å²) in [7, 11) is 0. The minimum Gasteiger partial charge on any atom is -0.324 e. The fourth-order valence-corrected chi connectivity index (χ4v) is 3.25. The molecule has 3 heteroatoms. The number of anilines is 1. The molecule has 3 nitrogen and oxygen atoms in total. The molecule has 0 atom stereocenters. The lowest BCUT2D eigenvalue weighted by molar-refractivity contribution is -0.122. The minimum absolute atomic E-state index is 0.0985. The molecule has 0 radical (unpaired) electrons. The Balaban J connectivity index is 1.90. The van der Waals surface area contributed by atoms with E-state index >= 15 is 0 Å². The smallest absolute Gasteiger partial charge is 0.235 e. The van der Waals surface area contributed by atoms with Crippen LogP contribution in [-0.4, -0.2) is 10.9 Å². The minimum atomic E-state index is -0.394. The molecule has 1 aliphatic rings. The summed E-state index contributed by atoms with van der Waals surface area (Å²) in [6, 6.07) is 13.9. The summed E-state index contributed by atoms with van der Waals surface area (Å²) < 4.78 is 0. The Morgan fingerprint density at radius 2 is 1.76 bits per heavy atom. The Hall–Kier alpha value is -2.16. The Morgan fingerprint density at radius 3 is 2.43 bits per heavy atom. The normalized spacial score (nSPS) is 17.1. The number of hydrogen-bond donors (Lipinski definition) is 1. The van der Waals surface area contributed by atoms with Crippen LogP contribution in [0.3, 0.4) is 0 Å². The predicted molar refractivity (Wildman–Crippen MR) is 84.1 cm³/mol. The van der Waals surface area contributed by atoms with Crippen LogP contribution < -0.4 is 5.32 Å². The van der Waals surface area contributed by atoms with Gasteiger partial charge in [-0.05, 0) is 30.5 Å². The third-order valence-corrected chi connectivity index (χ3v) is 4.39. The average Bonchev–Trinajstić information content (AvgIpc) is 2.57. The van der Waals surface area contributed by atoms with Gasteiger partial charge >= 0.3 is 0 Å². The SMILES string of the molecule is O=C(Nc1cccnc1)C1(c2ccccc2)CCCCC1. The maximum Gasteiger partial charge on any atom is 0.235 e. The summed E-state index contributed by atoms with van der Waals surface area (Å²) >= 11 is 0. The van der Waals surface area contributed by atoms with Gasteiger partial charge in [-0.1, -0.05) is 49.6 Å². The summed E-state index contributed by atoms with van der Waals surface area (Å²) in [5.41, 5.74) is 1.50. The number of benzene rings is 1. The number of carbonyl (C=O) groups excluding carboxylic acids is 1. The highest BCUT2D eigenvalue weighted by Gasteiger charge is 2.40. The second-order valence-corrected chi connectivity index (χ2v) is 5.70. The van der Waals surface area contributed by atoms with Crippen molar-refractivity contribution in [1.82, 2.24) is 4.98 Å². The van der Waals surface area contributed by atoms with Crippen molar-refractivity contribution in [1.29, 1.82) is 0 Å². The third-order valence-electron chi connectivity index (χ3n) is 4.39. The van der Waals surface area contributed by atoms with E-state index < -0.39 is 5.41 Å².